The molecule has 116 valence electrons. The van der Waals surface area contributed by atoms with Gasteiger partial charge in [-0.15, -0.1) is 0 Å². The number of amides is 1. The molecule has 1 heterocycles. The van der Waals surface area contributed by atoms with Crippen LogP contribution >= 0.6 is 0 Å². The molecule has 2 rings (SSSR count). The third kappa shape index (κ3) is 4.80. The number of hydrogen-bond acceptors (Lipinski definition) is 4. The van der Waals surface area contributed by atoms with Crippen LogP contribution in [0.4, 0.5) is 10.2 Å². The van der Waals surface area contributed by atoms with E-state index in [1.165, 1.54) is 24.5 Å². The van der Waals surface area contributed by atoms with Crippen LogP contribution in [-0.4, -0.2) is 28.5 Å². The average Bonchev–Trinajstić information content (AvgIpc) is 2.49. The van der Waals surface area contributed by atoms with Crippen molar-refractivity contribution in [2.24, 2.45) is 0 Å². The van der Waals surface area contributed by atoms with Crippen LogP contribution in [-0.2, 0) is 6.42 Å². The van der Waals surface area contributed by atoms with Gasteiger partial charge in [-0.25, -0.2) is 14.4 Å². The first-order valence-electron chi connectivity index (χ1n) is 7.16. The summed E-state index contributed by atoms with van der Waals surface area (Å²) in [6.45, 7) is 4.42. The first kappa shape index (κ1) is 15.9. The summed E-state index contributed by atoms with van der Waals surface area (Å²) in [5.74, 6) is 0.126. The van der Waals surface area contributed by atoms with Gasteiger partial charge in [0.1, 0.15) is 17.3 Å². The monoisotopic (exact) mass is 302 g/mol. The Morgan fingerprint density at radius 3 is 2.50 bits per heavy atom. The molecule has 2 N–H and O–H groups in total. The lowest BCUT2D eigenvalue weighted by Gasteiger charge is -2.08. The molecule has 0 aliphatic rings. The summed E-state index contributed by atoms with van der Waals surface area (Å²) < 4.78 is 12.8. The summed E-state index contributed by atoms with van der Waals surface area (Å²) in [5.41, 5.74) is 1.33. The van der Waals surface area contributed by atoms with E-state index in [-0.39, 0.29) is 23.5 Å². The maximum absolute atomic E-state index is 12.8. The quantitative estimate of drug-likeness (QED) is 0.860. The van der Waals surface area contributed by atoms with E-state index in [9.17, 15) is 9.18 Å². The third-order valence-corrected chi connectivity index (χ3v) is 2.94. The van der Waals surface area contributed by atoms with Crippen molar-refractivity contribution in [1.82, 2.24) is 15.3 Å². The smallest absolute Gasteiger partial charge is 0.271 e. The third-order valence-electron chi connectivity index (χ3n) is 2.94. The number of hydrogen-bond donors (Lipinski definition) is 2. The van der Waals surface area contributed by atoms with Gasteiger partial charge in [0.2, 0.25) is 0 Å². The minimum atomic E-state index is -0.238. The van der Waals surface area contributed by atoms with Crippen LogP contribution in [0.2, 0.25) is 0 Å². The van der Waals surface area contributed by atoms with Gasteiger partial charge < -0.3 is 10.6 Å². The molecular weight excluding hydrogens is 283 g/mol. The van der Waals surface area contributed by atoms with Crippen LogP contribution in [0.1, 0.15) is 29.9 Å². The molecule has 0 aliphatic carbocycles. The van der Waals surface area contributed by atoms with Crippen LogP contribution in [0.15, 0.2) is 36.7 Å². The molecule has 6 heteroatoms. The Bertz CT molecular complexity index is 611. The molecule has 0 saturated carbocycles. The molecule has 0 saturated heterocycles. The number of aromatic nitrogens is 2. The zero-order valence-electron chi connectivity index (χ0n) is 12.6. The molecule has 22 heavy (non-hydrogen) atoms. The number of carbonyl (C=O) groups is 1. The number of benzene rings is 1. The van der Waals surface area contributed by atoms with Crippen LogP contribution in [0.5, 0.6) is 0 Å². The van der Waals surface area contributed by atoms with Gasteiger partial charge in [0.05, 0.1) is 12.4 Å². The lowest BCUT2D eigenvalue weighted by molar-refractivity contribution is 0.0937. The molecule has 0 fully saturated rings. The lowest BCUT2D eigenvalue weighted by Crippen LogP contribution is -2.30. The molecule has 5 nitrogen and oxygen atoms in total. The number of nitrogens with one attached hydrogen (secondary N) is 2. The fourth-order valence-corrected chi connectivity index (χ4v) is 1.86. The molecule has 0 spiro atoms. The molecule has 2 aromatic rings. The Balaban J connectivity index is 1.83. The summed E-state index contributed by atoms with van der Waals surface area (Å²) in [4.78, 5) is 20.0. The van der Waals surface area contributed by atoms with Gasteiger partial charge in [-0.3, -0.25) is 4.79 Å². The highest BCUT2D eigenvalue weighted by molar-refractivity contribution is 5.92. The maximum Gasteiger partial charge on any atom is 0.271 e. The molecule has 1 amide bonds. The first-order chi connectivity index (χ1) is 10.5. The van der Waals surface area contributed by atoms with Crippen LogP contribution in [0.3, 0.4) is 0 Å². The zero-order chi connectivity index (χ0) is 15.9. The second kappa shape index (κ2) is 7.49. The standard InChI is InChI=1S/C16H19FN4O/c1-11(2)21-16(22)14-9-20-15(10-19-14)18-8-7-12-3-5-13(17)6-4-12/h3-6,9-11H,7-8H2,1-2H3,(H,18,20)(H,21,22). The van der Waals surface area contributed by atoms with E-state index in [1.54, 1.807) is 12.1 Å². The zero-order valence-corrected chi connectivity index (χ0v) is 12.6. The minimum Gasteiger partial charge on any atom is -0.368 e. The fraction of sp³-hybridized carbons (Fsp3) is 0.312. The predicted octanol–water partition coefficient (Wildman–Crippen LogP) is 2.41. The van der Waals surface area contributed by atoms with Crippen molar-refractivity contribution in [1.29, 1.82) is 0 Å². The fourth-order valence-electron chi connectivity index (χ4n) is 1.86. The largest absolute Gasteiger partial charge is 0.368 e. The molecule has 0 radical (unpaired) electrons. The Labute approximate surface area is 129 Å². The number of nitrogens with zero attached hydrogens (tertiary/aromatic N) is 2. The molecule has 1 aromatic heterocycles. The van der Waals surface area contributed by atoms with Gasteiger partial charge in [0.15, 0.2) is 0 Å². The van der Waals surface area contributed by atoms with Crippen molar-refractivity contribution >= 4 is 11.7 Å². The summed E-state index contributed by atoms with van der Waals surface area (Å²) in [6, 6.07) is 6.45. The van der Waals surface area contributed by atoms with Gasteiger partial charge in [0.25, 0.3) is 5.91 Å². The van der Waals surface area contributed by atoms with E-state index >= 15 is 0 Å². The molecule has 0 bridgehead atoms. The molecule has 0 aliphatic heterocycles. The van der Waals surface area contributed by atoms with Gasteiger partial charge in [-0.2, -0.15) is 0 Å². The number of carbonyl (C=O) groups excluding carboxylic acids is 1. The summed E-state index contributed by atoms with van der Waals surface area (Å²) in [7, 11) is 0. The molecule has 0 atom stereocenters. The number of anilines is 1. The lowest BCUT2D eigenvalue weighted by atomic mass is 10.1. The average molecular weight is 302 g/mol. The van der Waals surface area contributed by atoms with Crippen LogP contribution < -0.4 is 10.6 Å². The van der Waals surface area contributed by atoms with Crippen molar-refractivity contribution in [3.05, 3.63) is 53.7 Å². The Morgan fingerprint density at radius 2 is 1.91 bits per heavy atom. The molecule has 0 unspecified atom stereocenters. The predicted molar refractivity (Wildman–Crippen MR) is 83.2 cm³/mol. The van der Waals surface area contributed by atoms with E-state index in [1.807, 2.05) is 13.8 Å². The summed E-state index contributed by atoms with van der Waals surface area (Å²) in [6.07, 6.45) is 3.72. The van der Waals surface area contributed by atoms with E-state index in [2.05, 4.69) is 20.6 Å². The van der Waals surface area contributed by atoms with Crippen molar-refractivity contribution in [3.63, 3.8) is 0 Å². The number of halogens is 1. The van der Waals surface area contributed by atoms with Crippen LogP contribution in [0, 0.1) is 5.82 Å². The SMILES string of the molecule is CC(C)NC(=O)c1cnc(NCCc2ccc(F)cc2)cn1. The van der Waals surface area contributed by atoms with Gasteiger partial charge >= 0.3 is 0 Å². The van der Waals surface area contributed by atoms with Crippen molar-refractivity contribution in [2.75, 3.05) is 11.9 Å². The van der Waals surface area contributed by atoms with Crippen LogP contribution in [0.25, 0.3) is 0 Å². The van der Waals surface area contributed by atoms with E-state index in [0.29, 0.717) is 12.4 Å². The van der Waals surface area contributed by atoms with E-state index in [4.69, 9.17) is 0 Å². The highest BCUT2D eigenvalue weighted by Gasteiger charge is 2.08. The maximum atomic E-state index is 12.8. The second-order valence-corrected chi connectivity index (χ2v) is 5.22. The van der Waals surface area contributed by atoms with Crippen molar-refractivity contribution in [2.45, 2.75) is 26.3 Å². The Kier molecular flexibility index (Phi) is 5.41. The first-order valence-corrected chi connectivity index (χ1v) is 7.16. The normalized spacial score (nSPS) is 10.5. The Morgan fingerprint density at radius 1 is 1.18 bits per heavy atom. The highest BCUT2D eigenvalue weighted by Crippen LogP contribution is 2.05. The van der Waals surface area contributed by atoms with Gasteiger partial charge in [-0.1, -0.05) is 12.1 Å². The van der Waals surface area contributed by atoms with E-state index in [0.717, 1.165) is 12.0 Å². The second-order valence-electron chi connectivity index (χ2n) is 5.22. The van der Waals surface area contributed by atoms with Crippen molar-refractivity contribution < 1.29 is 9.18 Å². The van der Waals surface area contributed by atoms with Gasteiger partial charge in [0, 0.05) is 12.6 Å². The van der Waals surface area contributed by atoms with Crippen molar-refractivity contribution in [3.8, 4) is 0 Å². The Hall–Kier alpha value is -2.50. The summed E-state index contributed by atoms with van der Waals surface area (Å²) in [5, 5.41) is 5.87. The minimum absolute atomic E-state index is 0.0582. The summed E-state index contributed by atoms with van der Waals surface area (Å²) >= 11 is 0. The van der Waals surface area contributed by atoms with Gasteiger partial charge in [-0.05, 0) is 38.0 Å². The molecular formula is C16H19FN4O. The highest BCUT2D eigenvalue weighted by atomic mass is 19.1. The number of rotatable bonds is 6. The van der Waals surface area contributed by atoms with E-state index < -0.39 is 0 Å². The topological polar surface area (TPSA) is 66.9 Å². The molecule has 1 aromatic carbocycles.